The standard InChI is InChI=1S/C22H23F6N2O2/c1-15(31)30(12-10-29-11-13-30)14-16-2-4-17(5-3-16)18-6-8-19(9-7-18)20(32,21(23,24)25)22(26,27)28/h2-9,29,32H,10-14H2,1H3/q+1. The molecule has 0 spiro atoms. The van der Waals surface area contributed by atoms with Crippen LogP contribution in [0.4, 0.5) is 26.3 Å². The van der Waals surface area contributed by atoms with Crippen molar-refractivity contribution in [1.29, 1.82) is 0 Å². The maximum Gasteiger partial charge on any atom is 0.430 e. The highest BCUT2D eigenvalue weighted by molar-refractivity contribution is 5.66. The van der Waals surface area contributed by atoms with Crippen LogP contribution >= 0.6 is 0 Å². The minimum atomic E-state index is -5.92. The molecule has 0 unspecified atom stereocenters. The van der Waals surface area contributed by atoms with Crippen LogP contribution in [-0.4, -0.2) is 54.0 Å². The van der Waals surface area contributed by atoms with Gasteiger partial charge in [-0.15, -0.1) is 0 Å². The number of alkyl halides is 6. The Labute approximate surface area is 181 Å². The molecule has 2 N–H and O–H groups in total. The summed E-state index contributed by atoms with van der Waals surface area (Å²) in [4.78, 5) is 12.2. The van der Waals surface area contributed by atoms with Crippen molar-refractivity contribution in [3.8, 4) is 11.1 Å². The number of halogens is 6. The van der Waals surface area contributed by atoms with Crippen LogP contribution < -0.4 is 5.32 Å². The summed E-state index contributed by atoms with van der Waals surface area (Å²) in [6, 6.07) is 10.4. The Morgan fingerprint density at radius 2 is 1.31 bits per heavy atom. The van der Waals surface area contributed by atoms with Crippen molar-refractivity contribution < 1.29 is 40.7 Å². The zero-order valence-corrected chi connectivity index (χ0v) is 17.2. The number of carbonyl (C=O) groups is 1. The maximum atomic E-state index is 13.0. The largest absolute Gasteiger partial charge is 0.430 e. The monoisotopic (exact) mass is 461 g/mol. The molecule has 1 aliphatic rings. The Morgan fingerprint density at radius 3 is 1.72 bits per heavy atom. The molecule has 3 rings (SSSR count). The molecule has 0 radical (unpaired) electrons. The molecule has 1 fully saturated rings. The van der Waals surface area contributed by atoms with Gasteiger partial charge in [0.05, 0.1) is 20.0 Å². The van der Waals surface area contributed by atoms with Gasteiger partial charge in [0.1, 0.15) is 6.54 Å². The number of amides is 1. The zero-order chi connectivity index (χ0) is 23.8. The molecule has 10 heteroatoms. The normalized spacial score (nSPS) is 17.2. The predicted octanol–water partition coefficient (Wildman–Crippen LogP) is 4.13. The number of rotatable bonds is 4. The molecule has 2 aromatic rings. The number of quaternary nitrogens is 1. The highest BCUT2D eigenvalue weighted by Gasteiger charge is 2.71. The summed E-state index contributed by atoms with van der Waals surface area (Å²) in [7, 11) is 0. The van der Waals surface area contributed by atoms with E-state index in [9.17, 15) is 36.2 Å². The molecule has 174 valence electrons. The first-order valence-electron chi connectivity index (χ1n) is 9.94. The van der Waals surface area contributed by atoms with Crippen molar-refractivity contribution in [1.82, 2.24) is 5.32 Å². The number of aliphatic hydroxyl groups is 1. The van der Waals surface area contributed by atoms with Gasteiger partial charge in [-0.05, 0) is 11.1 Å². The van der Waals surface area contributed by atoms with Crippen molar-refractivity contribution in [2.45, 2.75) is 31.4 Å². The lowest BCUT2D eigenvalue weighted by atomic mass is 9.90. The lowest BCUT2D eigenvalue weighted by Gasteiger charge is -2.38. The van der Waals surface area contributed by atoms with Gasteiger partial charge in [-0.2, -0.15) is 26.3 Å². The number of carbonyl (C=O) groups excluding carboxylic acids is 1. The Hall–Kier alpha value is -2.43. The first-order chi connectivity index (χ1) is 14.8. The molecule has 0 aromatic heterocycles. The molecule has 4 nitrogen and oxygen atoms in total. The summed E-state index contributed by atoms with van der Waals surface area (Å²) in [6.45, 7) is 4.85. The van der Waals surface area contributed by atoms with Crippen LogP contribution in [0.15, 0.2) is 48.5 Å². The van der Waals surface area contributed by atoms with Gasteiger partial charge >= 0.3 is 18.3 Å². The lowest BCUT2D eigenvalue weighted by Crippen LogP contribution is -2.60. The van der Waals surface area contributed by atoms with E-state index < -0.39 is 23.5 Å². The summed E-state index contributed by atoms with van der Waals surface area (Å²) in [6.07, 6.45) is -11.8. The number of hydrogen-bond acceptors (Lipinski definition) is 3. The van der Waals surface area contributed by atoms with Crippen molar-refractivity contribution >= 4 is 5.91 Å². The fourth-order valence-electron chi connectivity index (χ4n) is 3.95. The van der Waals surface area contributed by atoms with E-state index in [-0.39, 0.29) is 5.91 Å². The second kappa shape index (κ2) is 8.49. The fourth-order valence-corrected chi connectivity index (χ4v) is 3.95. The van der Waals surface area contributed by atoms with Gasteiger partial charge in [0.15, 0.2) is 0 Å². The van der Waals surface area contributed by atoms with Crippen molar-refractivity contribution in [2.24, 2.45) is 0 Å². The molecule has 2 aromatic carbocycles. The topological polar surface area (TPSA) is 49.3 Å². The van der Waals surface area contributed by atoms with Gasteiger partial charge in [0.2, 0.25) is 0 Å². The molecule has 1 heterocycles. The maximum absolute atomic E-state index is 13.0. The van der Waals surface area contributed by atoms with Crippen LogP contribution in [0.3, 0.4) is 0 Å². The average molecular weight is 461 g/mol. The average Bonchev–Trinajstić information content (AvgIpc) is 2.73. The molecule has 1 aliphatic heterocycles. The molecule has 1 amide bonds. The second-order valence-corrected chi connectivity index (χ2v) is 8.00. The SMILES string of the molecule is CC(=O)[N+]1(Cc2ccc(-c3ccc(C(O)(C(F)(F)F)C(F)(F)F)cc3)cc2)CCNCC1. The van der Waals surface area contributed by atoms with E-state index in [0.29, 0.717) is 47.4 Å². The van der Waals surface area contributed by atoms with Crippen molar-refractivity contribution in [3.63, 3.8) is 0 Å². The van der Waals surface area contributed by atoms with Crippen LogP contribution in [0, 0.1) is 0 Å². The molecule has 0 bridgehead atoms. The summed E-state index contributed by atoms with van der Waals surface area (Å²) in [5.74, 6) is 0.0629. The van der Waals surface area contributed by atoms with Gasteiger partial charge in [0.25, 0.3) is 5.60 Å². The Morgan fingerprint density at radius 1 is 0.875 bits per heavy atom. The van der Waals surface area contributed by atoms with Crippen LogP contribution in [0.25, 0.3) is 11.1 Å². The molecule has 1 saturated heterocycles. The predicted molar refractivity (Wildman–Crippen MR) is 105 cm³/mol. The van der Waals surface area contributed by atoms with Crippen LogP contribution in [0.5, 0.6) is 0 Å². The van der Waals surface area contributed by atoms with E-state index in [4.69, 9.17) is 0 Å². The number of nitrogens with one attached hydrogen (secondary N) is 1. The smallest absolute Gasteiger partial charge is 0.369 e. The van der Waals surface area contributed by atoms with Crippen LogP contribution in [0.2, 0.25) is 0 Å². The summed E-state index contributed by atoms with van der Waals surface area (Å²) in [5, 5.41) is 12.7. The zero-order valence-electron chi connectivity index (χ0n) is 17.2. The third kappa shape index (κ3) is 4.39. The molecule has 32 heavy (non-hydrogen) atoms. The highest BCUT2D eigenvalue weighted by atomic mass is 19.4. The molecular formula is C22H23F6N2O2+. The molecule has 0 atom stereocenters. The summed E-state index contributed by atoms with van der Waals surface area (Å²) < 4.78 is 78.5. The van der Waals surface area contributed by atoms with Crippen molar-refractivity contribution in [3.05, 3.63) is 59.7 Å². The van der Waals surface area contributed by atoms with E-state index >= 15 is 0 Å². The Kier molecular flexibility index (Phi) is 6.43. The summed E-state index contributed by atoms with van der Waals surface area (Å²) >= 11 is 0. The first-order valence-corrected chi connectivity index (χ1v) is 9.94. The lowest BCUT2D eigenvalue weighted by molar-refractivity contribution is -0.869. The van der Waals surface area contributed by atoms with E-state index in [0.717, 1.165) is 30.8 Å². The van der Waals surface area contributed by atoms with Gasteiger partial charge in [0, 0.05) is 24.2 Å². The molecule has 0 saturated carbocycles. The highest BCUT2D eigenvalue weighted by Crippen LogP contribution is 2.50. The van der Waals surface area contributed by atoms with Crippen LogP contribution in [-0.2, 0) is 16.9 Å². The van der Waals surface area contributed by atoms with Crippen LogP contribution in [0.1, 0.15) is 18.1 Å². The van der Waals surface area contributed by atoms with Gasteiger partial charge in [-0.3, -0.25) is 4.48 Å². The van der Waals surface area contributed by atoms with E-state index in [1.54, 1.807) is 31.2 Å². The van der Waals surface area contributed by atoms with E-state index in [2.05, 4.69) is 5.32 Å². The number of hydrogen-bond donors (Lipinski definition) is 2. The second-order valence-electron chi connectivity index (χ2n) is 8.00. The third-order valence-corrected chi connectivity index (χ3v) is 6.00. The number of piperazine rings is 1. The quantitative estimate of drug-likeness (QED) is 0.532. The minimum Gasteiger partial charge on any atom is -0.369 e. The molecular weight excluding hydrogens is 438 g/mol. The first kappa shape index (κ1) is 24.2. The molecule has 0 aliphatic carbocycles. The summed E-state index contributed by atoms with van der Waals surface area (Å²) in [5.41, 5.74) is -4.38. The van der Waals surface area contributed by atoms with Gasteiger partial charge in [-0.25, -0.2) is 4.79 Å². The van der Waals surface area contributed by atoms with E-state index in [1.165, 1.54) is 0 Å². The minimum absolute atomic E-state index is 0.0629. The Balaban J connectivity index is 1.83. The van der Waals surface area contributed by atoms with Crippen molar-refractivity contribution in [2.75, 3.05) is 26.2 Å². The third-order valence-electron chi connectivity index (χ3n) is 6.00. The van der Waals surface area contributed by atoms with Gasteiger partial charge < -0.3 is 10.4 Å². The Bertz CT molecular complexity index is 932. The fraction of sp³-hybridized carbons (Fsp3) is 0.409. The van der Waals surface area contributed by atoms with E-state index in [1.807, 2.05) is 0 Å². The number of nitrogens with zero attached hydrogens (tertiary/aromatic N) is 1. The number of benzene rings is 2. The van der Waals surface area contributed by atoms with Gasteiger partial charge in [-0.1, -0.05) is 48.5 Å².